The molecule has 0 radical (unpaired) electrons. The largest absolute Gasteiger partial charge is 0.490 e. The number of aliphatic carboxylic acids is 1. The normalized spacial score (nSPS) is 15.0. The molecule has 156 valence electrons. The number of para-hydroxylation sites is 1. The smallest absolute Gasteiger partial charge is 0.341 e. The molecule has 2 amide bonds. The van der Waals surface area contributed by atoms with Gasteiger partial charge >= 0.3 is 5.97 Å². The Labute approximate surface area is 189 Å². The molecule has 1 aliphatic rings. The Morgan fingerprint density at radius 3 is 2.67 bits per heavy atom. The predicted octanol–water partition coefficient (Wildman–Crippen LogP) is 4.68. The van der Waals surface area contributed by atoms with E-state index in [2.05, 4.69) is 15.9 Å². The number of carboxylic acid groups (broad SMARTS) is 1. The fourth-order valence-corrected chi connectivity index (χ4v) is 3.97. The Kier molecular flexibility index (Phi) is 7.41. The molecule has 0 aromatic heterocycles. The molecule has 1 heterocycles. The van der Waals surface area contributed by atoms with Crippen LogP contribution >= 0.6 is 39.3 Å². The number of carboxylic acids is 1. The number of rotatable bonds is 8. The number of hydrogen-bond acceptors (Lipinski definition) is 6. The van der Waals surface area contributed by atoms with E-state index in [4.69, 9.17) is 26.2 Å². The van der Waals surface area contributed by atoms with E-state index in [-0.39, 0.29) is 23.8 Å². The van der Waals surface area contributed by atoms with Crippen LogP contribution in [-0.2, 0) is 9.59 Å². The van der Waals surface area contributed by atoms with Gasteiger partial charge in [-0.05, 0) is 48.2 Å². The van der Waals surface area contributed by atoms with Gasteiger partial charge in [-0.1, -0.05) is 39.7 Å². The molecule has 0 atom stereocenters. The number of ether oxygens (including phenoxy) is 2. The van der Waals surface area contributed by atoms with Gasteiger partial charge in [-0.15, -0.1) is 0 Å². The summed E-state index contributed by atoms with van der Waals surface area (Å²) < 4.78 is 11.5. The van der Waals surface area contributed by atoms with Crippen LogP contribution in [0.4, 0.5) is 4.79 Å². The summed E-state index contributed by atoms with van der Waals surface area (Å²) in [5.41, 5.74) is 0.475. The second-order valence-electron chi connectivity index (χ2n) is 5.98. The highest BCUT2D eigenvalue weighted by Crippen LogP contribution is 2.35. The van der Waals surface area contributed by atoms with Crippen molar-refractivity contribution >= 4 is 62.5 Å². The molecule has 0 unspecified atom stereocenters. The predicted molar refractivity (Wildman–Crippen MR) is 117 cm³/mol. The van der Waals surface area contributed by atoms with Crippen molar-refractivity contribution in [2.45, 2.75) is 0 Å². The monoisotopic (exact) mass is 511 g/mol. The lowest BCUT2D eigenvalue weighted by Crippen LogP contribution is -2.32. The lowest BCUT2D eigenvalue weighted by Gasteiger charge is -2.13. The number of imide groups is 1. The van der Waals surface area contributed by atoms with Crippen molar-refractivity contribution in [2.24, 2.45) is 0 Å². The van der Waals surface area contributed by atoms with Crippen molar-refractivity contribution in [1.82, 2.24) is 4.90 Å². The molecule has 0 saturated carbocycles. The molecule has 1 saturated heterocycles. The van der Waals surface area contributed by atoms with E-state index >= 15 is 0 Å². The van der Waals surface area contributed by atoms with Gasteiger partial charge in [0.15, 0.2) is 6.61 Å². The summed E-state index contributed by atoms with van der Waals surface area (Å²) >= 11 is 10.1. The van der Waals surface area contributed by atoms with Gasteiger partial charge in [0.2, 0.25) is 0 Å². The molecule has 2 aromatic rings. The van der Waals surface area contributed by atoms with E-state index in [1.807, 2.05) is 0 Å². The van der Waals surface area contributed by atoms with E-state index in [1.54, 1.807) is 42.5 Å². The number of halogens is 2. The van der Waals surface area contributed by atoms with Crippen LogP contribution in [0, 0.1) is 0 Å². The highest BCUT2D eigenvalue weighted by molar-refractivity contribution is 9.10. The number of carbonyl (C=O) groups excluding carboxylic acids is 2. The van der Waals surface area contributed by atoms with Gasteiger partial charge in [-0.25, -0.2) is 4.79 Å². The van der Waals surface area contributed by atoms with Crippen molar-refractivity contribution in [2.75, 3.05) is 19.8 Å². The maximum Gasteiger partial charge on any atom is 0.341 e. The van der Waals surface area contributed by atoms with Crippen LogP contribution in [0.2, 0.25) is 5.02 Å². The first kappa shape index (κ1) is 22.2. The minimum Gasteiger partial charge on any atom is -0.490 e. The molecule has 30 heavy (non-hydrogen) atoms. The zero-order valence-corrected chi connectivity index (χ0v) is 18.5. The van der Waals surface area contributed by atoms with Crippen LogP contribution in [0.5, 0.6) is 11.5 Å². The first-order valence-electron chi connectivity index (χ1n) is 8.62. The van der Waals surface area contributed by atoms with E-state index < -0.39 is 23.7 Å². The van der Waals surface area contributed by atoms with Crippen LogP contribution in [-0.4, -0.2) is 46.9 Å². The summed E-state index contributed by atoms with van der Waals surface area (Å²) in [6.45, 7) is -0.365. The van der Waals surface area contributed by atoms with Gasteiger partial charge in [0.05, 0.1) is 16.5 Å². The van der Waals surface area contributed by atoms with Gasteiger partial charge in [-0.2, -0.15) is 0 Å². The van der Waals surface area contributed by atoms with Crippen molar-refractivity contribution < 1.29 is 29.0 Å². The molecule has 0 aliphatic carbocycles. The SMILES string of the molecule is O=C(O)COc1ccc(Br)cc1/C=C1\SC(=O)N(CCOc2ccccc2Cl)C1=O. The maximum absolute atomic E-state index is 12.7. The highest BCUT2D eigenvalue weighted by atomic mass is 79.9. The number of thioether (sulfide) groups is 1. The molecule has 1 N–H and O–H groups in total. The molecule has 2 aromatic carbocycles. The van der Waals surface area contributed by atoms with E-state index in [1.165, 1.54) is 6.08 Å². The molecule has 3 rings (SSSR count). The highest BCUT2D eigenvalue weighted by Gasteiger charge is 2.35. The molecule has 0 spiro atoms. The lowest BCUT2D eigenvalue weighted by atomic mass is 10.2. The molecule has 0 bridgehead atoms. The number of benzene rings is 2. The molecule has 10 heteroatoms. The van der Waals surface area contributed by atoms with Gasteiger partial charge in [0.25, 0.3) is 11.1 Å². The second-order valence-corrected chi connectivity index (χ2v) is 8.29. The average molecular weight is 513 g/mol. The minimum atomic E-state index is -1.12. The van der Waals surface area contributed by atoms with E-state index in [0.717, 1.165) is 16.7 Å². The topological polar surface area (TPSA) is 93.1 Å². The summed E-state index contributed by atoms with van der Waals surface area (Å²) in [6, 6.07) is 11.9. The van der Waals surface area contributed by atoms with Crippen LogP contribution in [0.3, 0.4) is 0 Å². The van der Waals surface area contributed by atoms with Crippen LogP contribution in [0.25, 0.3) is 6.08 Å². The molecule has 1 fully saturated rings. The Hall–Kier alpha value is -2.49. The molecular formula is C20H15BrClNO6S. The summed E-state index contributed by atoms with van der Waals surface area (Å²) in [5, 5.41) is 8.84. The third kappa shape index (κ3) is 5.56. The summed E-state index contributed by atoms with van der Waals surface area (Å²) in [7, 11) is 0. The number of nitrogens with zero attached hydrogens (tertiary/aromatic N) is 1. The lowest BCUT2D eigenvalue weighted by molar-refractivity contribution is -0.139. The van der Waals surface area contributed by atoms with Crippen LogP contribution < -0.4 is 9.47 Å². The number of hydrogen-bond donors (Lipinski definition) is 1. The summed E-state index contributed by atoms with van der Waals surface area (Å²) in [6.07, 6.45) is 1.50. The maximum atomic E-state index is 12.7. The van der Waals surface area contributed by atoms with Crippen LogP contribution in [0.1, 0.15) is 5.56 Å². The zero-order valence-electron chi connectivity index (χ0n) is 15.3. The third-order valence-electron chi connectivity index (χ3n) is 3.89. The number of carbonyl (C=O) groups is 3. The molecule has 1 aliphatic heterocycles. The van der Waals surface area contributed by atoms with E-state index in [0.29, 0.717) is 20.8 Å². The molecular weight excluding hydrogens is 498 g/mol. The zero-order chi connectivity index (χ0) is 21.7. The fourth-order valence-electron chi connectivity index (χ4n) is 2.55. The van der Waals surface area contributed by atoms with Gasteiger partial charge in [0, 0.05) is 10.0 Å². The Morgan fingerprint density at radius 2 is 1.93 bits per heavy atom. The van der Waals surface area contributed by atoms with Gasteiger partial charge in [0.1, 0.15) is 18.1 Å². The summed E-state index contributed by atoms with van der Waals surface area (Å²) in [5.74, 6) is -0.829. The van der Waals surface area contributed by atoms with Gasteiger partial charge in [-0.3, -0.25) is 14.5 Å². The quantitative estimate of drug-likeness (QED) is 0.513. The standard InChI is InChI=1S/C20H15BrClNO6S/c21-13-5-6-15(29-11-18(24)25)12(9-13)10-17-19(26)23(20(27)30-17)7-8-28-16-4-2-1-3-14(16)22/h1-6,9-10H,7-8,11H2,(H,24,25)/b17-10-. The minimum absolute atomic E-state index is 0.0636. The van der Waals surface area contributed by atoms with E-state index in [9.17, 15) is 14.4 Å². The Morgan fingerprint density at radius 1 is 1.17 bits per heavy atom. The van der Waals surface area contributed by atoms with Crippen LogP contribution in [0.15, 0.2) is 51.8 Å². The molecule has 7 nitrogen and oxygen atoms in total. The number of amides is 2. The van der Waals surface area contributed by atoms with Crippen molar-refractivity contribution in [3.05, 3.63) is 62.4 Å². The Bertz CT molecular complexity index is 1030. The third-order valence-corrected chi connectivity index (χ3v) is 5.61. The fraction of sp³-hybridized carbons (Fsp3) is 0.150. The van der Waals surface area contributed by atoms with Crippen molar-refractivity contribution in [3.63, 3.8) is 0 Å². The second kappa shape index (κ2) is 10.0. The summed E-state index contributed by atoms with van der Waals surface area (Å²) in [4.78, 5) is 37.0. The van der Waals surface area contributed by atoms with Gasteiger partial charge < -0.3 is 14.6 Å². The van der Waals surface area contributed by atoms with Crippen molar-refractivity contribution in [1.29, 1.82) is 0 Å². The first-order valence-corrected chi connectivity index (χ1v) is 10.6. The first-order chi connectivity index (χ1) is 14.3. The average Bonchev–Trinajstić information content (AvgIpc) is 2.96. The van der Waals surface area contributed by atoms with Crippen molar-refractivity contribution in [3.8, 4) is 11.5 Å². The Balaban J connectivity index is 1.71.